The largest absolute Gasteiger partial charge is 0.494 e. The maximum Gasteiger partial charge on any atom is 0.145 e. The highest BCUT2D eigenvalue weighted by atomic mass is 79.9. The molecule has 0 amide bonds. The Morgan fingerprint density at radius 1 is 1.64 bits per heavy atom. The van der Waals surface area contributed by atoms with Crippen molar-refractivity contribution in [2.45, 2.75) is 6.42 Å². The van der Waals surface area contributed by atoms with Crippen LogP contribution >= 0.6 is 15.9 Å². The molecule has 0 aromatic carbocycles. The zero-order valence-electron chi connectivity index (χ0n) is 8.09. The number of pyridine rings is 1. The SMILES string of the molecule is C=C(CCN)c1c(Br)cncc1OC. The average molecular weight is 257 g/mol. The highest BCUT2D eigenvalue weighted by Gasteiger charge is 2.10. The molecule has 0 spiro atoms. The zero-order chi connectivity index (χ0) is 10.6. The van der Waals surface area contributed by atoms with Crippen LogP contribution in [0.3, 0.4) is 0 Å². The third-order valence-electron chi connectivity index (χ3n) is 1.88. The van der Waals surface area contributed by atoms with Crippen LogP contribution in [0.15, 0.2) is 23.4 Å². The molecule has 1 heterocycles. The average Bonchev–Trinajstić information content (AvgIpc) is 2.17. The monoisotopic (exact) mass is 256 g/mol. The number of aromatic nitrogens is 1. The van der Waals surface area contributed by atoms with Crippen LogP contribution < -0.4 is 10.5 Å². The fourth-order valence-electron chi connectivity index (χ4n) is 1.21. The van der Waals surface area contributed by atoms with E-state index >= 15 is 0 Å². The van der Waals surface area contributed by atoms with E-state index in [0.717, 1.165) is 27.8 Å². The lowest BCUT2D eigenvalue weighted by atomic mass is 10.1. The molecule has 0 aliphatic rings. The van der Waals surface area contributed by atoms with E-state index in [4.69, 9.17) is 10.5 Å². The molecule has 4 heteroatoms. The van der Waals surface area contributed by atoms with Crippen molar-refractivity contribution >= 4 is 21.5 Å². The predicted octanol–water partition coefficient (Wildman–Crippen LogP) is 2.21. The lowest BCUT2D eigenvalue weighted by Gasteiger charge is -2.11. The summed E-state index contributed by atoms with van der Waals surface area (Å²) in [6, 6.07) is 0. The Bertz CT molecular complexity index is 339. The number of rotatable bonds is 4. The van der Waals surface area contributed by atoms with Gasteiger partial charge in [0.1, 0.15) is 5.75 Å². The molecule has 3 nitrogen and oxygen atoms in total. The van der Waals surface area contributed by atoms with Gasteiger partial charge in [0, 0.05) is 16.2 Å². The molecule has 0 aliphatic heterocycles. The molecular weight excluding hydrogens is 244 g/mol. The highest BCUT2D eigenvalue weighted by molar-refractivity contribution is 9.10. The van der Waals surface area contributed by atoms with Gasteiger partial charge in [-0.25, -0.2) is 0 Å². The van der Waals surface area contributed by atoms with Crippen molar-refractivity contribution in [2.24, 2.45) is 5.73 Å². The van der Waals surface area contributed by atoms with Crippen LogP contribution in [0.1, 0.15) is 12.0 Å². The van der Waals surface area contributed by atoms with Crippen molar-refractivity contribution < 1.29 is 4.74 Å². The van der Waals surface area contributed by atoms with Gasteiger partial charge in [0.2, 0.25) is 0 Å². The summed E-state index contributed by atoms with van der Waals surface area (Å²) in [5, 5.41) is 0. The van der Waals surface area contributed by atoms with E-state index in [-0.39, 0.29) is 0 Å². The predicted molar refractivity (Wildman–Crippen MR) is 61.2 cm³/mol. The minimum atomic E-state index is 0.580. The van der Waals surface area contributed by atoms with Gasteiger partial charge in [0.15, 0.2) is 0 Å². The Balaban J connectivity index is 3.10. The fourth-order valence-corrected chi connectivity index (χ4v) is 1.81. The van der Waals surface area contributed by atoms with E-state index in [1.54, 1.807) is 19.5 Å². The van der Waals surface area contributed by atoms with E-state index in [2.05, 4.69) is 27.5 Å². The topological polar surface area (TPSA) is 48.1 Å². The standard InChI is InChI=1S/C10H13BrN2O/c1-7(3-4-12)10-8(11)5-13-6-9(10)14-2/h5-6H,1,3-4,12H2,2H3. The Hall–Kier alpha value is -0.870. The minimum absolute atomic E-state index is 0.580. The first-order chi connectivity index (χ1) is 6.70. The molecule has 0 aliphatic carbocycles. The number of nitrogens with zero attached hydrogens (tertiary/aromatic N) is 1. The molecular formula is C10H13BrN2O. The normalized spacial score (nSPS) is 9.93. The van der Waals surface area contributed by atoms with Gasteiger partial charge in [-0.3, -0.25) is 4.98 Å². The van der Waals surface area contributed by atoms with Crippen molar-refractivity contribution in [3.05, 3.63) is 29.0 Å². The summed E-state index contributed by atoms with van der Waals surface area (Å²) in [5.41, 5.74) is 7.38. The van der Waals surface area contributed by atoms with Crippen LogP contribution in [-0.4, -0.2) is 18.6 Å². The smallest absolute Gasteiger partial charge is 0.145 e. The summed E-state index contributed by atoms with van der Waals surface area (Å²) in [4.78, 5) is 4.01. The first kappa shape index (κ1) is 11.2. The summed E-state index contributed by atoms with van der Waals surface area (Å²) in [6.45, 7) is 4.55. The van der Waals surface area contributed by atoms with Gasteiger partial charge in [-0.2, -0.15) is 0 Å². The van der Waals surface area contributed by atoms with Crippen molar-refractivity contribution in [2.75, 3.05) is 13.7 Å². The second-order valence-corrected chi connectivity index (χ2v) is 3.70. The van der Waals surface area contributed by atoms with E-state index in [0.29, 0.717) is 6.54 Å². The molecule has 0 saturated carbocycles. The first-order valence-electron chi connectivity index (χ1n) is 4.26. The van der Waals surface area contributed by atoms with Crippen LogP contribution in [0.2, 0.25) is 0 Å². The third-order valence-corrected chi connectivity index (χ3v) is 2.49. The van der Waals surface area contributed by atoms with Crippen molar-refractivity contribution in [1.29, 1.82) is 0 Å². The third kappa shape index (κ3) is 2.33. The number of halogens is 1. The van der Waals surface area contributed by atoms with Crippen LogP contribution in [-0.2, 0) is 0 Å². The van der Waals surface area contributed by atoms with Crippen molar-refractivity contribution in [1.82, 2.24) is 4.98 Å². The molecule has 0 fully saturated rings. The molecule has 0 bridgehead atoms. The maximum absolute atomic E-state index is 5.48. The Kier molecular flexibility index (Phi) is 4.10. The van der Waals surface area contributed by atoms with Crippen molar-refractivity contribution in [3.8, 4) is 5.75 Å². The molecule has 14 heavy (non-hydrogen) atoms. The molecule has 0 radical (unpaired) electrons. The van der Waals surface area contributed by atoms with Gasteiger partial charge in [-0.15, -0.1) is 0 Å². The molecule has 76 valence electrons. The number of hydrogen-bond acceptors (Lipinski definition) is 3. The Labute approximate surface area is 92.1 Å². The second kappa shape index (κ2) is 5.12. The van der Waals surface area contributed by atoms with E-state index < -0.39 is 0 Å². The number of ether oxygens (including phenoxy) is 1. The first-order valence-corrected chi connectivity index (χ1v) is 5.05. The number of methoxy groups -OCH3 is 1. The van der Waals surface area contributed by atoms with Gasteiger partial charge in [0.25, 0.3) is 0 Å². The summed E-state index contributed by atoms with van der Waals surface area (Å²) in [6.07, 6.45) is 4.14. The maximum atomic E-state index is 5.48. The number of nitrogens with two attached hydrogens (primary N) is 1. The Morgan fingerprint density at radius 2 is 2.36 bits per heavy atom. The molecule has 1 aromatic heterocycles. The van der Waals surface area contributed by atoms with Gasteiger partial charge in [-0.05, 0) is 34.5 Å². The Morgan fingerprint density at radius 3 is 2.93 bits per heavy atom. The van der Waals surface area contributed by atoms with Gasteiger partial charge >= 0.3 is 0 Å². The zero-order valence-corrected chi connectivity index (χ0v) is 9.67. The van der Waals surface area contributed by atoms with Gasteiger partial charge in [0.05, 0.1) is 13.3 Å². The summed E-state index contributed by atoms with van der Waals surface area (Å²) < 4.78 is 6.08. The molecule has 1 rings (SSSR count). The number of hydrogen-bond donors (Lipinski definition) is 1. The molecule has 1 aromatic rings. The lowest BCUT2D eigenvalue weighted by Crippen LogP contribution is -2.01. The van der Waals surface area contributed by atoms with E-state index in [1.165, 1.54) is 0 Å². The summed E-state index contributed by atoms with van der Waals surface area (Å²) in [5.74, 6) is 0.720. The van der Waals surface area contributed by atoms with E-state index in [9.17, 15) is 0 Å². The van der Waals surface area contributed by atoms with Crippen LogP contribution in [0, 0.1) is 0 Å². The van der Waals surface area contributed by atoms with Gasteiger partial charge in [-0.1, -0.05) is 6.58 Å². The van der Waals surface area contributed by atoms with Crippen LogP contribution in [0.25, 0.3) is 5.57 Å². The van der Waals surface area contributed by atoms with Crippen LogP contribution in [0.4, 0.5) is 0 Å². The fraction of sp³-hybridized carbons (Fsp3) is 0.300. The minimum Gasteiger partial charge on any atom is -0.494 e. The highest BCUT2D eigenvalue weighted by Crippen LogP contribution is 2.32. The summed E-state index contributed by atoms with van der Waals surface area (Å²) >= 11 is 3.41. The van der Waals surface area contributed by atoms with Crippen LogP contribution in [0.5, 0.6) is 5.75 Å². The molecule has 0 unspecified atom stereocenters. The van der Waals surface area contributed by atoms with Gasteiger partial charge < -0.3 is 10.5 Å². The van der Waals surface area contributed by atoms with E-state index in [1.807, 2.05) is 0 Å². The molecule has 0 atom stereocenters. The van der Waals surface area contributed by atoms with Crippen molar-refractivity contribution in [3.63, 3.8) is 0 Å². The second-order valence-electron chi connectivity index (χ2n) is 2.84. The summed E-state index contributed by atoms with van der Waals surface area (Å²) in [7, 11) is 1.61. The molecule has 2 N–H and O–H groups in total. The molecule has 0 saturated heterocycles. The quantitative estimate of drug-likeness (QED) is 0.899. The lowest BCUT2D eigenvalue weighted by molar-refractivity contribution is 0.411.